The summed E-state index contributed by atoms with van der Waals surface area (Å²) in [5.74, 6) is -1.64. The van der Waals surface area contributed by atoms with Crippen molar-refractivity contribution in [3.8, 4) is 0 Å². The smallest absolute Gasteiger partial charge is 0.256 e. The Morgan fingerprint density at radius 1 is 1.09 bits per heavy atom. The lowest BCUT2D eigenvalue weighted by atomic mass is 9.95. The van der Waals surface area contributed by atoms with Crippen molar-refractivity contribution >= 4 is 29.3 Å². The molecular formula is C34H42N6O3. The van der Waals surface area contributed by atoms with Crippen LogP contribution in [0.25, 0.3) is 6.08 Å². The SMILES string of the molecule is C=C(CCCCC(O)(O)/C=C/c1cnc(N)c(C(=N)c2ccc(C(=O)Nc3cc(C)ccn3)cc2)c1)NC1CCCCC1. The van der Waals surface area contributed by atoms with Gasteiger partial charge in [-0.15, -0.1) is 0 Å². The van der Waals surface area contributed by atoms with Crippen LogP contribution in [0.3, 0.4) is 0 Å². The lowest BCUT2D eigenvalue weighted by molar-refractivity contribution is -0.123. The fraction of sp³-hybridized carbons (Fsp3) is 0.353. The Kier molecular flexibility index (Phi) is 10.8. The van der Waals surface area contributed by atoms with Gasteiger partial charge in [-0.3, -0.25) is 10.2 Å². The van der Waals surface area contributed by atoms with Crippen LogP contribution < -0.4 is 16.4 Å². The molecule has 2 aromatic heterocycles. The molecule has 0 spiro atoms. The van der Waals surface area contributed by atoms with Crippen molar-refractivity contribution in [3.05, 3.63) is 101 Å². The number of aromatic nitrogens is 2. The number of hydrogen-bond donors (Lipinski definition) is 6. The first-order chi connectivity index (χ1) is 20.6. The van der Waals surface area contributed by atoms with Gasteiger partial charge in [-0.05, 0) is 86.6 Å². The number of carbonyl (C=O) groups is 1. The molecular weight excluding hydrogens is 540 g/mol. The van der Waals surface area contributed by atoms with Crippen LogP contribution in [0.5, 0.6) is 0 Å². The fourth-order valence-corrected chi connectivity index (χ4v) is 5.16. The van der Waals surface area contributed by atoms with Gasteiger partial charge in [0.25, 0.3) is 5.91 Å². The van der Waals surface area contributed by atoms with E-state index >= 15 is 0 Å². The molecule has 0 bridgehead atoms. The molecule has 2 heterocycles. The average molecular weight is 583 g/mol. The zero-order valence-electron chi connectivity index (χ0n) is 24.8. The van der Waals surface area contributed by atoms with Crippen LogP contribution in [0.2, 0.25) is 0 Å². The number of nitrogens with one attached hydrogen (secondary N) is 3. The van der Waals surface area contributed by atoms with Gasteiger partial charge in [-0.1, -0.05) is 44.1 Å². The van der Waals surface area contributed by atoms with E-state index in [0.717, 1.165) is 24.1 Å². The summed E-state index contributed by atoms with van der Waals surface area (Å²) in [6.07, 6.45) is 14.7. The second kappa shape index (κ2) is 14.7. The third kappa shape index (κ3) is 9.59. The van der Waals surface area contributed by atoms with Gasteiger partial charge < -0.3 is 26.6 Å². The van der Waals surface area contributed by atoms with E-state index in [1.54, 1.807) is 48.7 Å². The molecule has 9 nitrogen and oxygen atoms in total. The van der Waals surface area contributed by atoms with Gasteiger partial charge in [-0.25, -0.2) is 9.97 Å². The molecule has 4 rings (SSSR count). The molecule has 1 saturated carbocycles. The van der Waals surface area contributed by atoms with E-state index < -0.39 is 5.79 Å². The number of aryl methyl sites for hydroxylation is 1. The van der Waals surface area contributed by atoms with Gasteiger partial charge in [0.2, 0.25) is 0 Å². The summed E-state index contributed by atoms with van der Waals surface area (Å²) in [5, 5.41) is 36.0. The maximum Gasteiger partial charge on any atom is 0.256 e. The van der Waals surface area contributed by atoms with Gasteiger partial charge in [0.15, 0.2) is 5.79 Å². The molecule has 1 aromatic carbocycles. The summed E-state index contributed by atoms with van der Waals surface area (Å²) in [6, 6.07) is 12.5. The van der Waals surface area contributed by atoms with Crippen molar-refractivity contribution in [2.75, 3.05) is 11.1 Å². The number of hydrogen-bond acceptors (Lipinski definition) is 8. The van der Waals surface area contributed by atoms with Crippen LogP contribution >= 0.6 is 0 Å². The number of carbonyl (C=O) groups excluding carboxylic acids is 1. The molecule has 226 valence electrons. The van der Waals surface area contributed by atoms with Crippen LogP contribution in [-0.4, -0.2) is 43.6 Å². The van der Waals surface area contributed by atoms with Gasteiger partial charge in [0.1, 0.15) is 11.6 Å². The highest BCUT2D eigenvalue weighted by molar-refractivity contribution is 6.14. The zero-order valence-corrected chi connectivity index (χ0v) is 24.8. The third-order valence-corrected chi connectivity index (χ3v) is 7.63. The lowest BCUT2D eigenvalue weighted by Crippen LogP contribution is -2.30. The van der Waals surface area contributed by atoms with E-state index in [2.05, 4.69) is 27.2 Å². The standard InChI is InChI=1S/C34H42N6O3/c1-23-16-19-37-30(20-23)40-33(41)27-13-11-26(12-14-27)31(35)29-21-25(22-38-32(29)36)15-18-34(42,43)17-7-6-8-24(2)39-28-9-4-3-5-10-28/h11-16,18-22,28,35,39,42-43H,2-10,17H2,1H3,(H2,36,38)(H,37,40,41)/b18-15+,35-31?. The van der Waals surface area contributed by atoms with E-state index in [9.17, 15) is 15.0 Å². The van der Waals surface area contributed by atoms with Crippen LogP contribution in [0.4, 0.5) is 11.6 Å². The monoisotopic (exact) mass is 582 g/mol. The normalized spacial score (nSPS) is 14.0. The summed E-state index contributed by atoms with van der Waals surface area (Å²) < 4.78 is 0. The maximum atomic E-state index is 12.6. The number of nitrogen functional groups attached to an aromatic ring is 1. The number of rotatable bonds is 13. The second-order valence-corrected chi connectivity index (χ2v) is 11.3. The van der Waals surface area contributed by atoms with Crippen LogP contribution in [0.15, 0.2) is 73.2 Å². The first kappa shape index (κ1) is 31.6. The van der Waals surface area contributed by atoms with Crippen LogP contribution in [0, 0.1) is 12.3 Å². The number of aliphatic hydroxyl groups is 2. The summed E-state index contributed by atoms with van der Waals surface area (Å²) in [6.45, 7) is 6.06. The van der Waals surface area contributed by atoms with E-state index in [0.29, 0.717) is 40.5 Å². The Labute approximate surface area is 253 Å². The van der Waals surface area contributed by atoms with Crippen molar-refractivity contribution in [2.24, 2.45) is 0 Å². The molecule has 3 aromatic rings. The first-order valence-electron chi connectivity index (χ1n) is 14.9. The Hall–Kier alpha value is -4.34. The van der Waals surface area contributed by atoms with Crippen LogP contribution in [0.1, 0.15) is 90.4 Å². The molecule has 43 heavy (non-hydrogen) atoms. The summed E-state index contributed by atoms with van der Waals surface area (Å²) in [4.78, 5) is 21.0. The molecule has 0 unspecified atom stereocenters. The largest absolute Gasteiger partial charge is 0.386 e. The topological polar surface area (TPSA) is 157 Å². The highest BCUT2D eigenvalue weighted by Crippen LogP contribution is 2.22. The van der Waals surface area contributed by atoms with Crippen molar-refractivity contribution in [1.82, 2.24) is 15.3 Å². The number of amides is 1. The maximum absolute atomic E-state index is 12.6. The molecule has 0 saturated heterocycles. The van der Waals surface area contributed by atoms with Crippen molar-refractivity contribution in [3.63, 3.8) is 0 Å². The molecule has 0 aliphatic heterocycles. The average Bonchev–Trinajstić information content (AvgIpc) is 2.99. The number of anilines is 2. The Morgan fingerprint density at radius 3 is 2.53 bits per heavy atom. The first-order valence-corrected chi connectivity index (χ1v) is 14.9. The molecule has 7 N–H and O–H groups in total. The Bertz CT molecular complexity index is 1460. The van der Waals surface area contributed by atoms with Gasteiger partial charge >= 0.3 is 0 Å². The number of pyridine rings is 2. The highest BCUT2D eigenvalue weighted by Gasteiger charge is 2.19. The molecule has 1 aliphatic rings. The minimum Gasteiger partial charge on any atom is -0.386 e. The number of nitrogens with two attached hydrogens (primary N) is 1. The van der Waals surface area contributed by atoms with E-state index in [4.69, 9.17) is 11.1 Å². The predicted molar refractivity (Wildman–Crippen MR) is 172 cm³/mol. The Morgan fingerprint density at radius 2 is 1.81 bits per heavy atom. The van der Waals surface area contributed by atoms with Gasteiger partial charge in [0.05, 0.1) is 5.71 Å². The zero-order chi connectivity index (χ0) is 30.8. The van der Waals surface area contributed by atoms with Crippen molar-refractivity contribution in [2.45, 2.75) is 76.5 Å². The summed E-state index contributed by atoms with van der Waals surface area (Å²) >= 11 is 0. The Balaban J connectivity index is 1.31. The molecule has 0 radical (unpaired) electrons. The summed E-state index contributed by atoms with van der Waals surface area (Å²) in [7, 11) is 0. The van der Waals surface area contributed by atoms with Gasteiger partial charge in [-0.2, -0.15) is 0 Å². The summed E-state index contributed by atoms with van der Waals surface area (Å²) in [5.41, 5.74) is 10.2. The highest BCUT2D eigenvalue weighted by atomic mass is 16.5. The predicted octanol–water partition coefficient (Wildman–Crippen LogP) is 5.73. The van der Waals surface area contributed by atoms with Crippen LogP contribution in [-0.2, 0) is 0 Å². The second-order valence-electron chi connectivity index (χ2n) is 11.3. The van der Waals surface area contributed by atoms with Gasteiger partial charge in [0, 0.05) is 47.2 Å². The third-order valence-electron chi connectivity index (χ3n) is 7.63. The fourth-order valence-electron chi connectivity index (χ4n) is 5.16. The quantitative estimate of drug-likeness (QED) is 0.0854. The van der Waals surface area contributed by atoms with Crippen molar-refractivity contribution in [1.29, 1.82) is 5.41 Å². The molecule has 1 aliphatic carbocycles. The minimum atomic E-state index is -1.97. The van der Waals surface area contributed by atoms with E-state index in [1.165, 1.54) is 44.4 Å². The number of nitrogens with zero attached hydrogens (tertiary/aromatic N) is 2. The van der Waals surface area contributed by atoms with E-state index in [-0.39, 0.29) is 23.9 Å². The van der Waals surface area contributed by atoms with Crippen molar-refractivity contribution < 1.29 is 15.0 Å². The molecule has 1 amide bonds. The molecule has 9 heteroatoms. The lowest BCUT2D eigenvalue weighted by Gasteiger charge is -2.25. The van der Waals surface area contributed by atoms with E-state index in [1.807, 2.05) is 13.0 Å². The number of allylic oxidation sites excluding steroid dienone is 1. The number of unbranched alkanes of at least 4 members (excludes halogenated alkanes) is 1. The molecule has 1 fully saturated rings. The molecule has 0 atom stereocenters. The minimum absolute atomic E-state index is 0.133. The number of benzene rings is 1.